The first-order valence-electron chi connectivity index (χ1n) is 9.47. The topological polar surface area (TPSA) is 85.6 Å². The smallest absolute Gasteiger partial charge is 0.257 e. The Morgan fingerprint density at radius 2 is 1.84 bits per heavy atom. The van der Waals surface area contributed by atoms with Gasteiger partial charge in [0.15, 0.2) is 22.2 Å². The van der Waals surface area contributed by atoms with Gasteiger partial charge in [0.25, 0.3) is 5.91 Å². The minimum atomic E-state index is -0.278. The van der Waals surface area contributed by atoms with E-state index in [2.05, 4.69) is 38.2 Å². The molecule has 1 heterocycles. The molecule has 0 aliphatic heterocycles. The van der Waals surface area contributed by atoms with E-state index in [4.69, 9.17) is 26.1 Å². The predicted octanol–water partition coefficient (Wildman–Crippen LogP) is 5.24. The number of oxazole rings is 1. The van der Waals surface area contributed by atoms with Crippen LogP contribution >= 0.6 is 34.8 Å². The van der Waals surface area contributed by atoms with Gasteiger partial charge in [0.05, 0.1) is 14.2 Å². The van der Waals surface area contributed by atoms with E-state index in [0.717, 1.165) is 9.13 Å². The standard InChI is InChI=1S/C23H18IN3O4S/c1-29-19-8-6-14(11-20(19)30-2)22-26-17-12-16(7-9-18(17)31-22)25-23(32)27-21(28)13-4-3-5-15(24)10-13/h3-12H,1-2H3,(H2,25,27,28,32). The quantitative estimate of drug-likeness (QED) is 0.256. The highest BCUT2D eigenvalue weighted by Crippen LogP contribution is 2.33. The Hall–Kier alpha value is -3.18. The summed E-state index contributed by atoms with van der Waals surface area (Å²) >= 11 is 7.44. The number of amides is 1. The van der Waals surface area contributed by atoms with Gasteiger partial charge >= 0.3 is 0 Å². The number of nitrogens with zero attached hydrogens (tertiary/aromatic N) is 1. The number of methoxy groups -OCH3 is 2. The van der Waals surface area contributed by atoms with Gasteiger partial charge in [0.1, 0.15) is 5.52 Å². The van der Waals surface area contributed by atoms with Crippen LogP contribution in [-0.4, -0.2) is 30.2 Å². The SMILES string of the molecule is COc1ccc(-c2nc3cc(NC(=S)NC(=O)c4cccc(I)c4)ccc3o2)cc1OC. The highest BCUT2D eigenvalue weighted by atomic mass is 127. The summed E-state index contributed by atoms with van der Waals surface area (Å²) in [5.41, 5.74) is 3.24. The lowest BCUT2D eigenvalue weighted by Crippen LogP contribution is -2.34. The molecule has 2 N–H and O–H groups in total. The van der Waals surface area contributed by atoms with Gasteiger partial charge in [-0.2, -0.15) is 0 Å². The Kier molecular flexibility index (Phi) is 6.56. The molecule has 4 rings (SSSR count). The van der Waals surface area contributed by atoms with Crippen molar-refractivity contribution in [1.29, 1.82) is 0 Å². The van der Waals surface area contributed by atoms with Crippen LogP contribution in [0.1, 0.15) is 10.4 Å². The van der Waals surface area contributed by atoms with E-state index in [0.29, 0.717) is 39.7 Å². The third-order valence-corrected chi connectivity index (χ3v) is 5.46. The first kappa shape index (κ1) is 22.0. The van der Waals surface area contributed by atoms with Crippen molar-refractivity contribution in [1.82, 2.24) is 10.3 Å². The van der Waals surface area contributed by atoms with Crippen LogP contribution in [0, 0.1) is 3.57 Å². The van der Waals surface area contributed by atoms with Crippen LogP contribution in [-0.2, 0) is 0 Å². The van der Waals surface area contributed by atoms with Crippen molar-refractivity contribution in [2.75, 3.05) is 19.5 Å². The molecule has 9 heteroatoms. The van der Waals surface area contributed by atoms with E-state index in [1.54, 1.807) is 56.7 Å². The maximum Gasteiger partial charge on any atom is 0.257 e. The van der Waals surface area contributed by atoms with E-state index in [9.17, 15) is 4.79 Å². The van der Waals surface area contributed by atoms with Crippen molar-refractivity contribution >= 4 is 62.6 Å². The lowest BCUT2D eigenvalue weighted by atomic mass is 10.2. The molecular weight excluding hydrogens is 541 g/mol. The molecule has 7 nitrogen and oxygen atoms in total. The molecule has 4 aromatic rings. The van der Waals surface area contributed by atoms with Crippen LogP contribution < -0.4 is 20.1 Å². The molecule has 0 saturated carbocycles. The Morgan fingerprint density at radius 3 is 2.59 bits per heavy atom. The van der Waals surface area contributed by atoms with Gasteiger partial charge in [-0.1, -0.05) is 6.07 Å². The molecule has 0 aliphatic carbocycles. The Morgan fingerprint density at radius 1 is 1.03 bits per heavy atom. The summed E-state index contributed by atoms with van der Waals surface area (Å²) in [5, 5.41) is 5.89. The maximum atomic E-state index is 12.4. The Bertz CT molecular complexity index is 1320. The molecule has 32 heavy (non-hydrogen) atoms. The fourth-order valence-corrected chi connectivity index (χ4v) is 3.82. The van der Waals surface area contributed by atoms with Crippen molar-refractivity contribution < 1.29 is 18.7 Å². The van der Waals surface area contributed by atoms with Crippen molar-refractivity contribution in [2.45, 2.75) is 0 Å². The van der Waals surface area contributed by atoms with E-state index in [1.165, 1.54) is 0 Å². The number of nitrogens with one attached hydrogen (secondary N) is 2. The summed E-state index contributed by atoms with van der Waals surface area (Å²) in [6, 6.07) is 18.1. The molecule has 0 radical (unpaired) electrons. The second-order valence-electron chi connectivity index (χ2n) is 6.69. The number of rotatable bonds is 5. The van der Waals surface area contributed by atoms with Crippen LogP contribution in [0.4, 0.5) is 5.69 Å². The van der Waals surface area contributed by atoms with Crippen molar-refractivity contribution in [3.8, 4) is 23.0 Å². The van der Waals surface area contributed by atoms with Crippen LogP contribution in [0.25, 0.3) is 22.6 Å². The largest absolute Gasteiger partial charge is 0.493 e. The number of anilines is 1. The molecule has 0 saturated heterocycles. The summed E-state index contributed by atoms with van der Waals surface area (Å²) in [4.78, 5) is 16.9. The normalized spacial score (nSPS) is 10.6. The Labute approximate surface area is 203 Å². The number of carbonyl (C=O) groups excluding carboxylic acids is 1. The third-order valence-electron chi connectivity index (χ3n) is 4.59. The molecule has 162 valence electrons. The second-order valence-corrected chi connectivity index (χ2v) is 8.34. The minimum Gasteiger partial charge on any atom is -0.493 e. The average Bonchev–Trinajstić information content (AvgIpc) is 3.22. The first-order chi connectivity index (χ1) is 15.5. The van der Waals surface area contributed by atoms with Gasteiger partial charge in [0, 0.05) is 20.4 Å². The number of ether oxygens (including phenoxy) is 2. The zero-order valence-electron chi connectivity index (χ0n) is 17.1. The molecule has 0 unspecified atom stereocenters. The van der Waals surface area contributed by atoms with E-state index < -0.39 is 0 Å². The summed E-state index contributed by atoms with van der Waals surface area (Å²) in [6.45, 7) is 0. The van der Waals surface area contributed by atoms with Gasteiger partial charge in [-0.3, -0.25) is 10.1 Å². The fraction of sp³-hybridized carbons (Fsp3) is 0.0870. The number of aromatic nitrogens is 1. The zero-order valence-corrected chi connectivity index (χ0v) is 20.1. The minimum absolute atomic E-state index is 0.192. The lowest BCUT2D eigenvalue weighted by Gasteiger charge is -2.09. The van der Waals surface area contributed by atoms with Crippen molar-refractivity contribution in [2.24, 2.45) is 0 Å². The van der Waals surface area contributed by atoms with Gasteiger partial charge in [-0.15, -0.1) is 0 Å². The maximum absolute atomic E-state index is 12.4. The summed E-state index contributed by atoms with van der Waals surface area (Å²) in [6.07, 6.45) is 0. The number of thiocarbonyl (C=S) groups is 1. The van der Waals surface area contributed by atoms with Gasteiger partial charge < -0.3 is 19.2 Å². The van der Waals surface area contributed by atoms with E-state index >= 15 is 0 Å². The summed E-state index contributed by atoms with van der Waals surface area (Å²) in [7, 11) is 3.16. The van der Waals surface area contributed by atoms with Crippen molar-refractivity contribution in [3.63, 3.8) is 0 Å². The number of fused-ring (bicyclic) bond motifs is 1. The average molecular weight is 559 g/mol. The molecule has 0 spiro atoms. The fourth-order valence-electron chi connectivity index (χ4n) is 3.07. The van der Waals surface area contributed by atoms with Crippen LogP contribution in [0.5, 0.6) is 11.5 Å². The molecule has 0 bridgehead atoms. The summed E-state index contributed by atoms with van der Waals surface area (Å²) < 4.78 is 17.5. The van der Waals surface area contributed by atoms with Gasteiger partial charge in [-0.25, -0.2) is 4.98 Å². The van der Waals surface area contributed by atoms with Gasteiger partial charge in [-0.05, 0) is 89.4 Å². The predicted molar refractivity (Wildman–Crippen MR) is 135 cm³/mol. The van der Waals surface area contributed by atoms with E-state index in [1.807, 2.05) is 18.2 Å². The number of carbonyl (C=O) groups is 1. The van der Waals surface area contributed by atoms with Gasteiger partial charge in [0.2, 0.25) is 5.89 Å². The van der Waals surface area contributed by atoms with Crippen LogP contribution in [0.15, 0.2) is 65.1 Å². The molecule has 0 fully saturated rings. The third kappa shape index (κ3) is 4.83. The molecule has 0 atom stereocenters. The molecule has 0 aliphatic rings. The highest BCUT2D eigenvalue weighted by molar-refractivity contribution is 14.1. The molecule has 3 aromatic carbocycles. The van der Waals surface area contributed by atoms with Crippen LogP contribution in [0.2, 0.25) is 0 Å². The molecule has 1 amide bonds. The molecular formula is C23H18IN3O4S. The number of hydrogen-bond acceptors (Lipinski definition) is 6. The molecule has 1 aromatic heterocycles. The number of halogens is 1. The first-order valence-corrected chi connectivity index (χ1v) is 11.0. The lowest BCUT2D eigenvalue weighted by molar-refractivity contribution is 0.0977. The Balaban J connectivity index is 1.50. The monoisotopic (exact) mass is 559 g/mol. The summed E-state index contributed by atoms with van der Waals surface area (Å²) in [5.74, 6) is 1.38. The number of hydrogen-bond donors (Lipinski definition) is 2. The van der Waals surface area contributed by atoms with Crippen molar-refractivity contribution in [3.05, 3.63) is 69.8 Å². The number of benzene rings is 3. The highest BCUT2D eigenvalue weighted by Gasteiger charge is 2.13. The van der Waals surface area contributed by atoms with E-state index in [-0.39, 0.29) is 11.0 Å². The second kappa shape index (κ2) is 9.53. The van der Waals surface area contributed by atoms with Crippen LogP contribution in [0.3, 0.4) is 0 Å². The zero-order chi connectivity index (χ0) is 22.7.